The van der Waals surface area contributed by atoms with Crippen molar-refractivity contribution in [3.8, 4) is 6.07 Å². The maximum Gasteiger partial charge on any atom is 0.346 e. The molecule has 0 fully saturated rings. The van der Waals surface area contributed by atoms with Crippen LogP contribution in [0.1, 0.15) is 5.56 Å². The van der Waals surface area contributed by atoms with E-state index in [1.807, 2.05) is 24.6 Å². The third-order valence-electron chi connectivity index (χ3n) is 2.33. The Morgan fingerprint density at radius 3 is 2.63 bits per heavy atom. The number of carbonyl (C=O) groups is 1. The highest BCUT2D eigenvalue weighted by Crippen LogP contribution is 2.27. The van der Waals surface area contributed by atoms with Gasteiger partial charge in [-0.2, -0.15) is 5.26 Å². The number of benzene rings is 1. The molecule has 0 aliphatic rings. The molecule has 0 saturated carbocycles. The Kier molecular flexibility index (Phi) is 6.26. The molecule has 0 heterocycles. The monoisotopic (exact) mass is 291 g/mol. The Bertz CT molecular complexity index is 571. The van der Waals surface area contributed by atoms with Gasteiger partial charge in [-0.1, -0.05) is 18.2 Å². The summed E-state index contributed by atoms with van der Waals surface area (Å²) < 4.78 is 0. The van der Waals surface area contributed by atoms with Crippen LogP contribution in [-0.2, 0) is 4.79 Å². The summed E-state index contributed by atoms with van der Waals surface area (Å²) in [6, 6.07) is 7.71. The standard InChI is InChI=1S/C14H13NO2S2/c1-18-12-7-6-10(13(8-12)19-2)4-3-5-11(9-15)14(16)17/h3-8H,1-2H3,(H,16,17)/b4-3+,11-5+. The number of thioether (sulfide) groups is 2. The van der Waals surface area contributed by atoms with Crippen molar-refractivity contribution < 1.29 is 9.90 Å². The molecule has 1 N–H and O–H groups in total. The Morgan fingerprint density at radius 1 is 1.37 bits per heavy atom. The van der Waals surface area contributed by atoms with Gasteiger partial charge >= 0.3 is 5.97 Å². The largest absolute Gasteiger partial charge is 0.477 e. The molecule has 0 unspecified atom stereocenters. The van der Waals surface area contributed by atoms with E-state index in [-0.39, 0.29) is 5.57 Å². The highest BCUT2D eigenvalue weighted by molar-refractivity contribution is 7.99. The minimum absolute atomic E-state index is 0.275. The molecule has 0 aliphatic carbocycles. The quantitative estimate of drug-likeness (QED) is 0.388. The zero-order chi connectivity index (χ0) is 14.3. The first-order chi connectivity index (χ1) is 9.12. The normalized spacial score (nSPS) is 11.5. The van der Waals surface area contributed by atoms with E-state index in [0.717, 1.165) is 10.5 Å². The van der Waals surface area contributed by atoms with Crippen LogP contribution in [0.4, 0.5) is 0 Å². The number of rotatable bonds is 5. The molecule has 98 valence electrons. The molecule has 0 bridgehead atoms. The third kappa shape index (κ3) is 4.51. The van der Waals surface area contributed by atoms with Gasteiger partial charge in [-0.05, 0) is 36.3 Å². The molecule has 1 aromatic rings. The van der Waals surface area contributed by atoms with Crippen molar-refractivity contribution in [2.75, 3.05) is 12.5 Å². The van der Waals surface area contributed by atoms with E-state index in [2.05, 4.69) is 6.07 Å². The second-order valence-corrected chi connectivity index (χ2v) is 5.19. The lowest BCUT2D eigenvalue weighted by Crippen LogP contribution is -1.96. The molecule has 0 saturated heterocycles. The lowest BCUT2D eigenvalue weighted by molar-refractivity contribution is -0.132. The fourth-order valence-corrected chi connectivity index (χ4v) is 2.49. The Balaban J connectivity index is 3.00. The number of carboxylic acids is 1. The molecule has 1 aromatic carbocycles. The van der Waals surface area contributed by atoms with Gasteiger partial charge in [0.1, 0.15) is 11.6 Å². The van der Waals surface area contributed by atoms with Crippen molar-refractivity contribution in [2.24, 2.45) is 0 Å². The predicted molar refractivity (Wildman–Crippen MR) is 80.4 cm³/mol. The van der Waals surface area contributed by atoms with Crippen LogP contribution in [0.5, 0.6) is 0 Å². The second-order valence-electron chi connectivity index (χ2n) is 3.46. The zero-order valence-corrected chi connectivity index (χ0v) is 12.2. The van der Waals surface area contributed by atoms with E-state index >= 15 is 0 Å². The van der Waals surface area contributed by atoms with E-state index in [1.165, 1.54) is 11.0 Å². The van der Waals surface area contributed by atoms with Gasteiger partial charge in [-0.15, -0.1) is 23.5 Å². The molecule has 0 aliphatic heterocycles. The van der Waals surface area contributed by atoms with Gasteiger partial charge in [0.2, 0.25) is 0 Å². The van der Waals surface area contributed by atoms with Crippen LogP contribution in [-0.4, -0.2) is 23.6 Å². The van der Waals surface area contributed by atoms with Gasteiger partial charge in [-0.25, -0.2) is 4.79 Å². The summed E-state index contributed by atoms with van der Waals surface area (Å²) in [6.07, 6.45) is 8.69. The van der Waals surface area contributed by atoms with E-state index < -0.39 is 5.97 Å². The summed E-state index contributed by atoms with van der Waals surface area (Å²) in [6.45, 7) is 0. The van der Waals surface area contributed by atoms with Crippen molar-refractivity contribution in [3.05, 3.63) is 41.5 Å². The maximum absolute atomic E-state index is 10.6. The smallest absolute Gasteiger partial charge is 0.346 e. The van der Waals surface area contributed by atoms with Crippen LogP contribution in [0.3, 0.4) is 0 Å². The topological polar surface area (TPSA) is 61.1 Å². The third-order valence-corrected chi connectivity index (χ3v) is 3.85. The van der Waals surface area contributed by atoms with Crippen LogP contribution in [0.15, 0.2) is 45.7 Å². The number of nitrogens with zero attached hydrogens (tertiary/aromatic N) is 1. The molecule has 0 aromatic heterocycles. The average Bonchev–Trinajstić information content (AvgIpc) is 2.43. The van der Waals surface area contributed by atoms with Crippen molar-refractivity contribution in [2.45, 2.75) is 9.79 Å². The number of aliphatic carboxylic acids is 1. The predicted octanol–water partition coefficient (Wildman–Crippen LogP) is 3.68. The highest BCUT2D eigenvalue weighted by atomic mass is 32.2. The van der Waals surface area contributed by atoms with Crippen molar-refractivity contribution in [1.82, 2.24) is 0 Å². The SMILES string of the molecule is CSc1ccc(/C=C/C=C(\C#N)C(=O)O)c(SC)c1. The number of nitriles is 1. The fraction of sp³-hybridized carbons (Fsp3) is 0.143. The summed E-state index contributed by atoms with van der Waals surface area (Å²) in [5.74, 6) is -1.21. The van der Waals surface area contributed by atoms with Crippen LogP contribution < -0.4 is 0 Å². The van der Waals surface area contributed by atoms with Crippen molar-refractivity contribution in [3.63, 3.8) is 0 Å². The minimum Gasteiger partial charge on any atom is -0.477 e. The molecule has 1 rings (SSSR count). The molecule has 0 spiro atoms. The Labute approximate surface area is 121 Å². The zero-order valence-electron chi connectivity index (χ0n) is 10.6. The van der Waals surface area contributed by atoms with E-state index in [1.54, 1.807) is 41.7 Å². The van der Waals surface area contributed by atoms with Gasteiger partial charge < -0.3 is 5.11 Å². The summed E-state index contributed by atoms with van der Waals surface area (Å²) in [5, 5.41) is 17.3. The van der Waals surface area contributed by atoms with Gasteiger partial charge in [-0.3, -0.25) is 0 Å². The van der Waals surface area contributed by atoms with E-state index in [9.17, 15) is 4.79 Å². The summed E-state index contributed by atoms with van der Waals surface area (Å²) in [5.41, 5.74) is 0.729. The molecule has 3 nitrogen and oxygen atoms in total. The van der Waals surface area contributed by atoms with Crippen LogP contribution >= 0.6 is 23.5 Å². The lowest BCUT2D eigenvalue weighted by Gasteiger charge is -2.04. The highest BCUT2D eigenvalue weighted by Gasteiger charge is 2.03. The first kappa shape index (κ1) is 15.4. The number of hydrogen-bond acceptors (Lipinski definition) is 4. The molecule has 5 heteroatoms. The molecular weight excluding hydrogens is 278 g/mol. The molecule has 0 radical (unpaired) electrons. The summed E-state index contributed by atoms with van der Waals surface area (Å²) in [4.78, 5) is 12.9. The van der Waals surface area contributed by atoms with Crippen LogP contribution in [0.2, 0.25) is 0 Å². The average molecular weight is 291 g/mol. The van der Waals surface area contributed by atoms with E-state index in [4.69, 9.17) is 10.4 Å². The van der Waals surface area contributed by atoms with Crippen molar-refractivity contribution >= 4 is 35.6 Å². The second kappa shape index (κ2) is 7.72. The minimum atomic E-state index is -1.21. The summed E-state index contributed by atoms with van der Waals surface area (Å²) >= 11 is 3.30. The Morgan fingerprint density at radius 2 is 2.11 bits per heavy atom. The molecule has 19 heavy (non-hydrogen) atoms. The van der Waals surface area contributed by atoms with Gasteiger partial charge in [0.15, 0.2) is 0 Å². The van der Waals surface area contributed by atoms with Crippen LogP contribution in [0, 0.1) is 11.3 Å². The van der Waals surface area contributed by atoms with Gasteiger partial charge in [0.05, 0.1) is 0 Å². The van der Waals surface area contributed by atoms with Gasteiger partial charge in [0.25, 0.3) is 0 Å². The van der Waals surface area contributed by atoms with Crippen LogP contribution in [0.25, 0.3) is 6.08 Å². The van der Waals surface area contributed by atoms with Gasteiger partial charge in [0, 0.05) is 9.79 Å². The molecule has 0 atom stereocenters. The number of allylic oxidation sites excluding steroid dienone is 2. The summed E-state index contributed by atoms with van der Waals surface area (Å²) in [7, 11) is 0. The first-order valence-electron chi connectivity index (χ1n) is 5.36. The molecule has 0 amide bonds. The maximum atomic E-state index is 10.6. The first-order valence-corrected chi connectivity index (χ1v) is 7.81. The fourth-order valence-electron chi connectivity index (χ4n) is 1.36. The molecular formula is C14H13NO2S2. The number of carboxylic acid groups (broad SMARTS) is 1. The van der Waals surface area contributed by atoms with Crippen molar-refractivity contribution in [1.29, 1.82) is 5.26 Å². The Hall–Kier alpha value is -1.64. The number of hydrogen-bond donors (Lipinski definition) is 1. The lowest BCUT2D eigenvalue weighted by atomic mass is 10.2. The van der Waals surface area contributed by atoms with E-state index in [0.29, 0.717) is 0 Å².